The molecule has 142 valence electrons. The number of esters is 1. The number of fused-ring (bicyclic) bond motifs is 1. The molecular weight excluding hydrogens is 374 g/mol. The van der Waals surface area contributed by atoms with Crippen LogP contribution in [0.2, 0.25) is 5.02 Å². The highest BCUT2D eigenvalue weighted by molar-refractivity contribution is 6.30. The first-order chi connectivity index (χ1) is 12.9. The fourth-order valence-corrected chi connectivity index (χ4v) is 2.71. The van der Waals surface area contributed by atoms with E-state index in [4.69, 9.17) is 25.8 Å². The Bertz CT molecular complexity index is 869. The fraction of sp³-hybridized carbons (Fsp3) is 0.263. The van der Waals surface area contributed by atoms with Crippen LogP contribution in [0.5, 0.6) is 17.2 Å². The Morgan fingerprint density at radius 3 is 2.63 bits per heavy atom. The number of hydrogen-bond donors (Lipinski definition) is 1. The van der Waals surface area contributed by atoms with Crippen molar-refractivity contribution in [3.63, 3.8) is 0 Å². The van der Waals surface area contributed by atoms with E-state index in [2.05, 4.69) is 0 Å². The van der Waals surface area contributed by atoms with E-state index >= 15 is 0 Å². The maximum absolute atomic E-state index is 12.2. The summed E-state index contributed by atoms with van der Waals surface area (Å²) in [6.07, 6.45) is 0. The molecule has 0 atom stereocenters. The predicted octanol–water partition coefficient (Wildman–Crippen LogP) is 2.63. The lowest BCUT2D eigenvalue weighted by atomic mass is 10.2. The van der Waals surface area contributed by atoms with Crippen molar-refractivity contribution in [1.82, 2.24) is 4.90 Å². The number of phenolic OH excluding ortho intramolecular Hbond substituents is 1. The monoisotopic (exact) mass is 391 g/mol. The Balaban J connectivity index is 1.55. The van der Waals surface area contributed by atoms with Crippen LogP contribution in [0.4, 0.5) is 0 Å². The maximum atomic E-state index is 12.2. The Morgan fingerprint density at radius 2 is 1.89 bits per heavy atom. The van der Waals surface area contributed by atoms with Crippen LogP contribution in [0.3, 0.4) is 0 Å². The third-order valence-corrected chi connectivity index (χ3v) is 4.19. The lowest BCUT2D eigenvalue weighted by molar-refractivity contribution is -0.133. The topological polar surface area (TPSA) is 85.3 Å². The van der Waals surface area contributed by atoms with Crippen LogP contribution >= 0.6 is 11.6 Å². The van der Waals surface area contributed by atoms with Crippen LogP contribution in [0.15, 0.2) is 36.4 Å². The molecule has 2 aromatic carbocycles. The van der Waals surface area contributed by atoms with Gasteiger partial charge in [0.2, 0.25) is 0 Å². The summed E-state index contributed by atoms with van der Waals surface area (Å²) in [5, 5.41) is 10.0. The molecule has 1 heterocycles. The van der Waals surface area contributed by atoms with E-state index in [1.807, 2.05) is 12.1 Å². The van der Waals surface area contributed by atoms with Gasteiger partial charge in [0, 0.05) is 18.6 Å². The normalized spacial score (nSPS) is 12.4. The van der Waals surface area contributed by atoms with Gasteiger partial charge in [0.25, 0.3) is 5.91 Å². The van der Waals surface area contributed by atoms with Crippen LogP contribution in [-0.2, 0) is 16.1 Å². The molecule has 0 radical (unpaired) electrons. The number of amides is 1. The van der Waals surface area contributed by atoms with Gasteiger partial charge in [0.15, 0.2) is 18.1 Å². The predicted molar refractivity (Wildman–Crippen MR) is 97.3 cm³/mol. The minimum absolute atomic E-state index is 0.0540. The van der Waals surface area contributed by atoms with Gasteiger partial charge in [-0.3, -0.25) is 4.79 Å². The average molecular weight is 392 g/mol. The first-order valence-electron chi connectivity index (χ1n) is 8.22. The summed E-state index contributed by atoms with van der Waals surface area (Å²) in [6.45, 7) is 0.874. The van der Waals surface area contributed by atoms with Gasteiger partial charge >= 0.3 is 5.97 Å². The number of nitrogens with zero attached hydrogens (tertiary/aromatic N) is 1. The number of halogens is 1. The molecule has 1 amide bonds. The fourth-order valence-electron chi connectivity index (χ4n) is 2.54. The number of ether oxygens (including phenoxy) is 3. The molecule has 1 aliphatic heterocycles. The van der Waals surface area contributed by atoms with Crippen molar-refractivity contribution >= 4 is 23.5 Å². The molecule has 0 fully saturated rings. The van der Waals surface area contributed by atoms with Crippen molar-refractivity contribution in [2.75, 3.05) is 26.9 Å². The SMILES string of the molecule is CN(Cc1ccc2c(c1)OCCO2)C(=O)COC(=O)c1ccc(Cl)cc1O. The Kier molecular flexibility index (Phi) is 5.71. The van der Waals surface area contributed by atoms with E-state index in [1.54, 1.807) is 13.1 Å². The molecule has 0 unspecified atom stereocenters. The van der Waals surface area contributed by atoms with Gasteiger partial charge in [-0.25, -0.2) is 4.79 Å². The molecule has 2 aromatic rings. The summed E-state index contributed by atoms with van der Waals surface area (Å²) in [5.74, 6) is -0.165. The molecule has 0 bridgehead atoms. The van der Waals surface area contributed by atoms with Gasteiger partial charge in [0.1, 0.15) is 24.5 Å². The molecule has 0 aliphatic carbocycles. The summed E-state index contributed by atoms with van der Waals surface area (Å²) < 4.78 is 16.0. The van der Waals surface area contributed by atoms with Crippen LogP contribution in [0, 0.1) is 0 Å². The van der Waals surface area contributed by atoms with Gasteiger partial charge in [-0.05, 0) is 35.9 Å². The van der Waals surface area contributed by atoms with Crippen molar-refractivity contribution in [2.45, 2.75) is 6.54 Å². The molecule has 0 aromatic heterocycles. The molecule has 7 nitrogen and oxygen atoms in total. The van der Waals surface area contributed by atoms with Gasteiger partial charge in [-0.15, -0.1) is 0 Å². The zero-order valence-electron chi connectivity index (χ0n) is 14.6. The van der Waals surface area contributed by atoms with E-state index in [1.165, 1.54) is 23.1 Å². The highest BCUT2D eigenvalue weighted by Gasteiger charge is 2.18. The smallest absolute Gasteiger partial charge is 0.342 e. The van der Waals surface area contributed by atoms with E-state index in [-0.39, 0.29) is 17.2 Å². The molecule has 0 saturated heterocycles. The Labute approximate surface area is 161 Å². The number of phenols is 1. The summed E-state index contributed by atoms with van der Waals surface area (Å²) >= 11 is 5.72. The molecule has 1 aliphatic rings. The van der Waals surface area contributed by atoms with Crippen LogP contribution in [0.1, 0.15) is 15.9 Å². The molecule has 0 saturated carbocycles. The molecule has 27 heavy (non-hydrogen) atoms. The third-order valence-electron chi connectivity index (χ3n) is 3.96. The summed E-state index contributed by atoms with van der Waals surface area (Å²) in [4.78, 5) is 25.6. The number of rotatable bonds is 5. The standard InChI is InChI=1S/C19H18ClNO6/c1-21(10-12-2-5-16-17(8-12)26-7-6-25-16)18(23)11-27-19(24)14-4-3-13(20)9-15(14)22/h2-5,8-9,22H,6-7,10-11H2,1H3. The van der Waals surface area contributed by atoms with Gasteiger partial charge in [-0.1, -0.05) is 17.7 Å². The minimum atomic E-state index is -0.801. The minimum Gasteiger partial charge on any atom is -0.507 e. The zero-order valence-corrected chi connectivity index (χ0v) is 15.4. The highest BCUT2D eigenvalue weighted by atomic mass is 35.5. The lowest BCUT2D eigenvalue weighted by Crippen LogP contribution is -2.31. The lowest BCUT2D eigenvalue weighted by Gasteiger charge is -2.21. The number of carbonyl (C=O) groups is 2. The van der Waals surface area contributed by atoms with Crippen LogP contribution in [0.25, 0.3) is 0 Å². The summed E-state index contributed by atoms with van der Waals surface area (Å²) in [6, 6.07) is 9.47. The Morgan fingerprint density at radius 1 is 1.15 bits per heavy atom. The summed E-state index contributed by atoms with van der Waals surface area (Å²) in [7, 11) is 1.60. The second-order valence-electron chi connectivity index (χ2n) is 5.97. The van der Waals surface area contributed by atoms with E-state index in [0.717, 1.165) is 5.56 Å². The third kappa shape index (κ3) is 4.62. The number of likely N-dealkylation sites (N-methyl/N-ethyl adjacent to an activating group) is 1. The first kappa shape index (κ1) is 18.8. The molecular formula is C19H18ClNO6. The largest absolute Gasteiger partial charge is 0.507 e. The van der Waals surface area contributed by atoms with Crippen molar-refractivity contribution < 1.29 is 28.9 Å². The number of hydrogen-bond acceptors (Lipinski definition) is 6. The van der Waals surface area contributed by atoms with Gasteiger partial charge in [0.05, 0.1) is 0 Å². The van der Waals surface area contributed by atoms with Crippen molar-refractivity contribution in [1.29, 1.82) is 0 Å². The Hall–Kier alpha value is -2.93. The highest BCUT2D eigenvalue weighted by Crippen LogP contribution is 2.31. The number of aromatic hydroxyl groups is 1. The summed E-state index contributed by atoms with van der Waals surface area (Å²) in [5.41, 5.74) is 0.804. The van der Waals surface area contributed by atoms with E-state index in [0.29, 0.717) is 36.3 Å². The van der Waals surface area contributed by atoms with Crippen LogP contribution in [-0.4, -0.2) is 48.8 Å². The second kappa shape index (κ2) is 8.18. The molecule has 1 N–H and O–H groups in total. The quantitative estimate of drug-likeness (QED) is 0.789. The van der Waals surface area contributed by atoms with Crippen molar-refractivity contribution in [2.24, 2.45) is 0 Å². The van der Waals surface area contributed by atoms with Gasteiger partial charge in [-0.2, -0.15) is 0 Å². The molecule has 0 spiro atoms. The average Bonchev–Trinajstić information content (AvgIpc) is 2.65. The van der Waals surface area contributed by atoms with E-state index < -0.39 is 12.6 Å². The second-order valence-corrected chi connectivity index (χ2v) is 6.40. The zero-order chi connectivity index (χ0) is 19.4. The molecule has 8 heteroatoms. The molecule has 3 rings (SSSR count). The number of benzene rings is 2. The van der Waals surface area contributed by atoms with Crippen LogP contribution < -0.4 is 9.47 Å². The van der Waals surface area contributed by atoms with Crippen molar-refractivity contribution in [3.05, 3.63) is 52.5 Å². The number of carbonyl (C=O) groups excluding carboxylic acids is 2. The first-order valence-corrected chi connectivity index (χ1v) is 8.60. The van der Waals surface area contributed by atoms with Gasteiger partial charge < -0.3 is 24.2 Å². The van der Waals surface area contributed by atoms with E-state index in [9.17, 15) is 14.7 Å². The van der Waals surface area contributed by atoms with Crippen molar-refractivity contribution in [3.8, 4) is 17.2 Å². The maximum Gasteiger partial charge on any atom is 0.342 e.